The molecule has 1 saturated heterocycles. The van der Waals surface area contributed by atoms with E-state index in [9.17, 15) is 9.90 Å². The molecule has 1 aliphatic heterocycles. The zero-order valence-corrected chi connectivity index (χ0v) is 11.9. The minimum absolute atomic E-state index is 0.266. The number of benzene rings is 1. The first-order valence-electron chi connectivity index (χ1n) is 6.74. The van der Waals surface area contributed by atoms with E-state index in [2.05, 4.69) is 0 Å². The molecule has 0 unspecified atom stereocenters. The van der Waals surface area contributed by atoms with Crippen molar-refractivity contribution in [2.75, 3.05) is 13.7 Å². The predicted molar refractivity (Wildman–Crippen MR) is 74.6 cm³/mol. The highest BCUT2D eigenvalue weighted by atomic mass is 16.5. The van der Waals surface area contributed by atoms with E-state index in [0.717, 1.165) is 5.56 Å². The summed E-state index contributed by atoms with van der Waals surface area (Å²) in [6.07, 6.45) is 0.0160. The molecule has 106 valence electrons. The maximum atomic E-state index is 11.6. The first kappa shape index (κ1) is 15.7. The maximum Gasteiger partial charge on any atom is 0.323 e. The lowest BCUT2D eigenvalue weighted by molar-refractivity contribution is -0.146. The van der Waals surface area contributed by atoms with Crippen molar-refractivity contribution in [3.05, 3.63) is 35.9 Å². The van der Waals surface area contributed by atoms with E-state index in [1.807, 2.05) is 49.1 Å². The van der Waals surface area contributed by atoms with Gasteiger partial charge in [0, 0.05) is 19.5 Å². The van der Waals surface area contributed by atoms with Gasteiger partial charge < -0.3 is 9.84 Å². The number of methoxy groups -OCH3 is 1. The Morgan fingerprint density at radius 1 is 1.37 bits per heavy atom. The summed E-state index contributed by atoms with van der Waals surface area (Å²) in [6, 6.07) is 9.59. The lowest BCUT2D eigenvalue weighted by Crippen LogP contribution is -2.36. The van der Waals surface area contributed by atoms with Crippen LogP contribution in [0.5, 0.6) is 0 Å². The Morgan fingerprint density at radius 3 is 2.58 bits per heavy atom. The van der Waals surface area contributed by atoms with Crippen LogP contribution in [-0.2, 0) is 16.1 Å². The molecule has 1 aliphatic rings. The summed E-state index contributed by atoms with van der Waals surface area (Å²) in [6.45, 7) is 5.19. The quantitative estimate of drug-likeness (QED) is 0.847. The number of carbonyl (C=O) groups excluding carboxylic acids is 1. The van der Waals surface area contributed by atoms with E-state index in [-0.39, 0.29) is 12.0 Å². The van der Waals surface area contributed by atoms with Gasteiger partial charge in [0.2, 0.25) is 0 Å². The molecule has 0 aromatic heterocycles. The van der Waals surface area contributed by atoms with Crippen molar-refractivity contribution in [1.29, 1.82) is 0 Å². The molecule has 1 aromatic rings. The number of ether oxygens (including phenoxy) is 1. The molecule has 0 radical (unpaired) electrons. The average molecular weight is 265 g/mol. The molecule has 0 bridgehead atoms. The number of rotatable bonds is 3. The van der Waals surface area contributed by atoms with Gasteiger partial charge in [-0.2, -0.15) is 0 Å². The summed E-state index contributed by atoms with van der Waals surface area (Å²) >= 11 is 0. The lowest BCUT2D eigenvalue weighted by Gasteiger charge is -2.21. The molecular formula is C15H23NO3. The smallest absolute Gasteiger partial charge is 0.323 e. The molecule has 2 atom stereocenters. The van der Waals surface area contributed by atoms with E-state index >= 15 is 0 Å². The van der Waals surface area contributed by atoms with Gasteiger partial charge in [0.15, 0.2) is 0 Å². The minimum atomic E-state index is -0.442. The van der Waals surface area contributed by atoms with Crippen molar-refractivity contribution in [2.45, 2.75) is 39.0 Å². The zero-order valence-electron chi connectivity index (χ0n) is 11.9. The fourth-order valence-corrected chi connectivity index (χ4v) is 2.25. The molecule has 1 heterocycles. The van der Waals surface area contributed by atoms with Gasteiger partial charge >= 0.3 is 5.97 Å². The third-order valence-electron chi connectivity index (χ3n) is 3.08. The third-order valence-corrected chi connectivity index (χ3v) is 3.08. The monoisotopic (exact) mass is 265 g/mol. The molecular weight excluding hydrogens is 242 g/mol. The lowest BCUT2D eigenvalue weighted by atomic mass is 10.2. The van der Waals surface area contributed by atoms with Gasteiger partial charge in [-0.3, -0.25) is 9.69 Å². The zero-order chi connectivity index (χ0) is 14.3. The van der Waals surface area contributed by atoms with E-state index < -0.39 is 6.10 Å². The van der Waals surface area contributed by atoms with E-state index in [4.69, 9.17) is 4.74 Å². The third kappa shape index (κ3) is 4.33. The minimum Gasteiger partial charge on any atom is -0.468 e. The van der Waals surface area contributed by atoms with Gasteiger partial charge in [-0.25, -0.2) is 0 Å². The van der Waals surface area contributed by atoms with Crippen LogP contribution in [0.2, 0.25) is 0 Å². The van der Waals surface area contributed by atoms with Crippen LogP contribution in [0.1, 0.15) is 25.8 Å². The molecule has 1 aromatic carbocycles. The van der Waals surface area contributed by atoms with Crippen LogP contribution in [0.4, 0.5) is 0 Å². The number of carbonyl (C=O) groups is 1. The normalized spacial score (nSPS) is 22.5. The summed E-state index contributed by atoms with van der Waals surface area (Å²) < 4.78 is 4.76. The number of hydrogen-bond acceptors (Lipinski definition) is 4. The Morgan fingerprint density at radius 2 is 2.00 bits per heavy atom. The van der Waals surface area contributed by atoms with Crippen LogP contribution in [-0.4, -0.2) is 41.8 Å². The van der Waals surface area contributed by atoms with Crippen molar-refractivity contribution < 1.29 is 14.6 Å². The Hall–Kier alpha value is -1.39. The number of hydrogen-bond donors (Lipinski definition) is 1. The summed E-state index contributed by atoms with van der Waals surface area (Å²) in [7, 11) is 1.38. The van der Waals surface area contributed by atoms with Crippen molar-refractivity contribution in [1.82, 2.24) is 4.90 Å². The van der Waals surface area contributed by atoms with E-state index in [0.29, 0.717) is 19.5 Å². The van der Waals surface area contributed by atoms with Crippen LogP contribution in [0.25, 0.3) is 0 Å². The summed E-state index contributed by atoms with van der Waals surface area (Å²) in [4.78, 5) is 13.5. The van der Waals surface area contributed by atoms with Gasteiger partial charge in [0.25, 0.3) is 0 Å². The standard InChI is InChI=1S/C13H17NO3.C2H6/c1-17-13(16)12-7-11(15)9-14(12)8-10-5-3-2-4-6-10;1-2/h2-6,11-12,15H,7-9H2,1H3;1-2H3/t11-,12+;/m1./s1. The molecule has 19 heavy (non-hydrogen) atoms. The molecule has 4 heteroatoms. The second-order valence-corrected chi connectivity index (χ2v) is 4.34. The Kier molecular flexibility index (Phi) is 6.53. The van der Waals surface area contributed by atoms with Gasteiger partial charge in [-0.1, -0.05) is 44.2 Å². The predicted octanol–water partition coefficient (Wildman–Crippen LogP) is 1.82. The van der Waals surface area contributed by atoms with E-state index in [1.54, 1.807) is 0 Å². The molecule has 1 fully saturated rings. The fourth-order valence-electron chi connectivity index (χ4n) is 2.25. The Labute approximate surface area is 115 Å². The van der Waals surface area contributed by atoms with Crippen molar-refractivity contribution in [3.63, 3.8) is 0 Å². The van der Waals surface area contributed by atoms with Crippen LogP contribution < -0.4 is 0 Å². The van der Waals surface area contributed by atoms with Crippen LogP contribution >= 0.6 is 0 Å². The number of nitrogens with zero attached hydrogens (tertiary/aromatic N) is 1. The number of aliphatic hydroxyl groups is 1. The van der Waals surface area contributed by atoms with Gasteiger partial charge in [0.05, 0.1) is 13.2 Å². The molecule has 4 nitrogen and oxygen atoms in total. The Balaban J connectivity index is 0.000000861. The molecule has 0 aliphatic carbocycles. The second-order valence-electron chi connectivity index (χ2n) is 4.34. The first-order chi connectivity index (χ1) is 9.20. The molecule has 0 amide bonds. The molecule has 0 spiro atoms. The number of likely N-dealkylation sites (tertiary alicyclic amines) is 1. The van der Waals surface area contributed by atoms with Gasteiger partial charge in [-0.05, 0) is 5.56 Å². The van der Waals surface area contributed by atoms with Crippen molar-refractivity contribution in [2.24, 2.45) is 0 Å². The summed E-state index contributed by atoms with van der Waals surface area (Å²) in [5, 5.41) is 9.64. The van der Waals surface area contributed by atoms with Gasteiger partial charge in [0.1, 0.15) is 6.04 Å². The van der Waals surface area contributed by atoms with Gasteiger partial charge in [-0.15, -0.1) is 0 Å². The number of aliphatic hydroxyl groups excluding tert-OH is 1. The van der Waals surface area contributed by atoms with E-state index in [1.165, 1.54) is 7.11 Å². The maximum absolute atomic E-state index is 11.6. The fraction of sp³-hybridized carbons (Fsp3) is 0.533. The molecule has 0 saturated carbocycles. The highest BCUT2D eigenvalue weighted by Gasteiger charge is 2.36. The summed E-state index contributed by atoms with van der Waals surface area (Å²) in [5.41, 5.74) is 1.13. The highest BCUT2D eigenvalue weighted by Crippen LogP contribution is 2.21. The van der Waals surface area contributed by atoms with Crippen molar-refractivity contribution in [3.8, 4) is 0 Å². The summed E-state index contributed by atoms with van der Waals surface area (Å²) in [5.74, 6) is -0.266. The number of β-amino-alcohol motifs (C(OH)–C–C–N with tert-alkyl or cyclic N) is 1. The van der Waals surface area contributed by atoms with Crippen LogP contribution in [0.15, 0.2) is 30.3 Å². The molecule has 2 rings (SSSR count). The average Bonchev–Trinajstić information content (AvgIpc) is 2.82. The van der Waals surface area contributed by atoms with Crippen molar-refractivity contribution >= 4 is 5.97 Å². The molecule has 1 N–H and O–H groups in total. The van der Waals surface area contributed by atoms with Crippen LogP contribution in [0, 0.1) is 0 Å². The van der Waals surface area contributed by atoms with Crippen LogP contribution in [0.3, 0.4) is 0 Å². The Bertz CT molecular complexity index is 380. The number of esters is 1. The SMILES string of the molecule is CC.COC(=O)[C@@H]1C[C@@H](O)CN1Cc1ccccc1. The topological polar surface area (TPSA) is 49.8 Å². The highest BCUT2D eigenvalue weighted by molar-refractivity contribution is 5.76. The second kappa shape index (κ2) is 7.92. The first-order valence-corrected chi connectivity index (χ1v) is 6.74. The largest absolute Gasteiger partial charge is 0.468 e.